The van der Waals surface area contributed by atoms with Crippen molar-refractivity contribution < 1.29 is 29.0 Å². The minimum absolute atomic E-state index is 0.0464. The number of fused-ring (bicyclic) bond motifs is 1. The van der Waals surface area contributed by atoms with Gasteiger partial charge in [0.2, 0.25) is 5.91 Å². The van der Waals surface area contributed by atoms with Crippen molar-refractivity contribution in [2.24, 2.45) is 5.92 Å². The molecular formula is C22H30N2O6. The Kier molecular flexibility index (Phi) is 6.24. The zero-order valence-electron chi connectivity index (χ0n) is 18.0. The predicted molar refractivity (Wildman–Crippen MR) is 109 cm³/mol. The normalized spacial score (nSPS) is 20.1. The molecule has 2 heterocycles. The summed E-state index contributed by atoms with van der Waals surface area (Å²) in [6.45, 7) is 9.09. The first kappa shape index (κ1) is 21.9. The van der Waals surface area contributed by atoms with E-state index in [1.165, 1.54) is 12.1 Å². The Balaban J connectivity index is 1.65. The average molecular weight is 418 g/mol. The molecule has 3 rings (SSSR count). The first-order valence-electron chi connectivity index (χ1n) is 10.3. The molecule has 8 nitrogen and oxygen atoms in total. The number of aromatic carboxylic acids is 1. The lowest BCUT2D eigenvalue weighted by Crippen LogP contribution is -2.48. The molecule has 0 radical (unpaired) electrons. The highest BCUT2D eigenvalue weighted by atomic mass is 16.6. The number of ether oxygens (including phenoxy) is 2. The summed E-state index contributed by atoms with van der Waals surface area (Å²) in [7, 11) is 0. The van der Waals surface area contributed by atoms with E-state index in [0.29, 0.717) is 44.8 Å². The summed E-state index contributed by atoms with van der Waals surface area (Å²) >= 11 is 0. The molecule has 164 valence electrons. The monoisotopic (exact) mass is 418 g/mol. The number of hydrogen-bond donors (Lipinski definition) is 1. The molecule has 0 spiro atoms. The van der Waals surface area contributed by atoms with E-state index < -0.39 is 11.6 Å². The van der Waals surface area contributed by atoms with Gasteiger partial charge in [0.15, 0.2) is 0 Å². The van der Waals surface area contributed by atoms with Crippen LogP contribution in [-0.2, 0) is 16.1 Å². The van der Waals surface area contributed by atoms with Crippen molar-refractivity contribution in [3.63, 3.8) is 0 Å². The lowest BCUT2D eigenvalue weighted by Gasteiger charge is -2.36. The van der Waals surface area contributed by atoms with E-state index >= 15 is 0 Å². The number of amides is 2. The number of carbonyl (C=O) groups excluding carboxylic acids is 2. The molecule has 1 fully saturated rings. The van der Waals surface area contributed by atoms with Crippen LogP contribution in [0.15, 0.2) is 18.2 Å². The Morgan fingerprint density at radius 1 is 1.17 bits per heavy atom. The van der Waals surface area contributed by atoms with Crippen molar-refractivity contribution in [3.8, 4) is 5.75 Å². The number of nitrogens with zero attached hydrogens (tertiary/aromatic N) is 2. The van der Waals surface area contributed by atoms with Gasteiger partial charge in [-0.3, -0.25) is 4.79 Å². The van der Waals surface area contributed by atoms with E-state index in [1.807, 2.05) is 27.7 Å². The van der Waals surface area contributed by atoms with Crippen LogP contribution in [0.25, 0.3) is 0 Å². The van der Waals surface area contributed by atoms with Crippen molar-refractivity contribution in [2.45, 2.75) is 58.7 Å². The van der Waals surface area contributed by atoms with Gasteiger partial charge < -0.3 is 24.4 Å². The highest BCUT2D eigenvalue weighted by molar-refractivity contribution is 5.88. The first-order valence-corrected chi connectivity index (χ1v) is 10.3. The fourth-order valence-electron chi connectivity index (χ4n) is 3.76. The number of carbonyl (C=O) groups is 3. The Labute approximate surface area is 176 Å². The molecule has 0 unspecified atom stereocenters. The fraction of sp³-hybridized carbons (Fsp3) is 0.591. The maximum Gasteiger partial charge on any atom is 0.410 e. The minimum Gasteiger partial charge on any atom is -0.491 e. The predicted octanol–water partition coefficient (Wildman–Crippen LogP) is 3.14. The lowest BCUT2D eigenvalue weighted by atomic mass is 9.94. The highest BCUT2D eigenvalue weighted by Gasteiger charge is 2.35. The van der Waals surface area contributed by atoms with Crippen LogP contribution in [-0.4, -0.2) is 64.2 Å². The average Bonchev–Trinajstić information content (AvgIpc) is 2.84. The van der Waals surface area contributed by atoms with Crippen molar-refractivity contribution >= 4 is 18.0 Å². The second kappa shape index (κ2) is 8.53. The number of hydrogen-bond acceptors (Lipinski definition) is 5. The van der Waals surface area contributed by atoms with E-state index in [2.05, 4.69) is 0 Å². The highest BCUT2D eigenvalue weighted by Crippen LogP contribution is 2.29. The van der Waals surface area contributed by atoms with Gasteiger partial charge in [-0.25, -0.2) is 9.59 Å². The van der Waals surface area contributed by atoms with Gasteiger partial charge in [-0.2, -0.15) is 0 Å². The van der Waals surface area contributed by atoms with Gasteiger partial charge in [0.1, 0.15) is 18.0 Å². The third kappa shape index (κ3) is 5.04. The van der Waals surface area contributed by atoms with E-state index in [9.17, 15) is 19.5 Å². The molecule has 2 aliphatic rings. The third-order valence-electron chi connectivity index (χ3n) is 5.45. The van der Waals surface area contributed by atoms with Crippen molar-refractivity contribution in [3.05, 3.63) is 29.3 Å². The van der Waals surface area contributed by atoms with E-state index in [0.717, 1.165) is 5.56 Å². The zero-order valence-corrected chi connectivity index (χ0v) is 18.0. The molecule has 0 aromatic heterocycles. The molecule has 2 aliphatic heterocycles. The van der Waals surface area contributed by atoms with E-state index in [-0.39, 0.29) is 29.5 Å². The topological polar surface area (TPSA) is 96.4 Å². The summed E-state index contributed by atoms with van der Waals surface area (Å²) < 4.78 is 11.2. The standard InChI is InChI=1S/C22H30N2O6/c1-14-13-29-18-11-16(20(26)27)5-6-17(18)12-24(14)19(25)15-7-9-23(10-8-15)21(28)30-22(2,3)4/h5-6,11,14-15H,7-10,12-13H2,1-4H3,(H,26,27)/t14-/m0/s1. The first-order chi connectivity index (χ1) is 14.0. The summed E-state index contributed by atoms with van der Waals surface area (Å²) in [5.41, 5.74) is 0.415. The Morgan fingerprint density at radius 3 is 2.43 bits per heavy atom. The largest absolute Gasteiger partial charge is 0.491 e. The molecule has 1 N–H and O–H groups in total. The molecule has 0 aliphatic carbocycles. The second-order valence-electron chi connectivity index (χ2n) is 9.00. The third-order valence-corrected chi connectivity index (χ3v) is 5.45. The molecular weight excluding hydrogens is 388 g/mol. The number of benzene rings is 1. The Hall–Kier alpha value is -2.77. The Morgan fingerprint density at radius 2 is 1.83 bits per heavy atom. The number of carboxylic acid groups (broad SMARTS) is 1. The SMILES string of the molecule is C[C@H]1COc2cc(C(=O)O)ccc2CN1C(=O)C1CCN(C(=O)OC(C)(C)C)CC1. The van der Waals surface area contributed by atoms with Crippen LogP contribution >= 0.6 is 0 Å². The second-order valence-corrected chi connectivity index (χ2v) is 9.00. The smallest absolute Gasteiger partial charge is 0.410 e. The Bertz CT molecular complexity index is 823. The molecule has 30 heavy (non-hydrogen) atoms. The number of rotatable bonds is 2. The molecule has 2 amide bonds. The number of carboxylic acids is 1. The maximum atomic E-state index is 13.2. The summed E-state index contributed by atoms with van der Waals surface area (Å²) in [5.74, 6) is -0.615. The molecule has 8 heteroatoms. The number of piperidine rings is 1. The van der Waals surface area contributed by atoms with Gasteiger partial charge in [0.05, 0.1) is 11.6 Å². The molecule has 1 atom stereocenters. The zero-order chi connectivity index (χ0) is 22.1. The van der Waals surface area contributed by atoms with Crippen LogP contribution in [0.4, 0.5) is 4.79 Å². The maximum absolute atomic E-state index is 13.2. The van der Waals surface area contributed by atoms with E-state index in [4.69, 9.17) is 9.47 Å². The fourth-order valence-corrected chi connectivity index (χ4v) is 3.76. The summed E-state index contributed by atoms with van der Waals surface area (Å²) in [5, 5.41) is 9.18. The van der Waals surface area contributed by atoms with Gasteiger partial charge in [0.25, 0.3) is 0 Å². The summed E-state index contributed by atoms with van der Waals surface area (Å²) in [6, 6.07) is 4.62. The quantitative estimate of drug-likeness (QED) is 0.793. The number of likely N-dealkylation sites (tertiary alicyclic amines) is 1. The molecule has 1 saturated heterocycles. The summed E-state index contributed by atoms with van der Waals surface area (Å²) in [6.07, 6.45) is 0.841. The van der Waals surface area contributed by atoms with Gasteiger partial charge >= 0.3 is 12.1 Å². The molecule has 1 aromatic carbocycles. The minimum atomic E-state index is -1.01. The van der Waals surface area contributed by atoms with Gasteiger partial charge in [0, 0.05) is 31.1 Å². The molecule has 0 bridgehead atoms. The summed E-state index contributed by atoms with van der Waals surface area (Å²) in [4.78, 5) is 40.2. The van der Waals surface area contributed by atoms with Crippen LogP contribution in [0.3, 0.4) is 0 Å². The van der Waals surface area contributed by atoms with Crippen LogP contribution in [0, 0.1) is 5.92 Å². The van der Waals surface area contributed by atoms with Gasteiger partial charge in [-0.05, 0) is 52.7 Å². The van der Waals surface area contributed by atoms with Crippen molar-refractivity contribution in [1.82, 2.24) is 9.80 Å². The molecule has 1 aromatic rings. The van der Waals surface area contributed by atoms with Crippen LogP contribution in [0.5, 0.6) is 5.75 Å². The molecule has 0 saturated carbocycles. The van der Waals surface area contributed by atoms with Gasteiger partial charge in [-0.1, -0.05) is 6.07 Å². The van der Waals surface area contributed by atoms with Crippen LogP contribution in [0.1, 0.15) is 56.5 Å². The van der Waals surface area contributed by atoms with Crippen molar-refractivity contribution in [1.29, 1.82) is 0 Å². The van der Waals surface area contributed by atoms with Crippen LogP contribution in [0.2, 0.25) is 0 Å². The van der Waals surface area contributed by atoms with Crippen molar-refractivity contribution in [2.75, 3.05) is 19.7 Å². The van der Waals surface area contributed by atoms with Crippen LogP contribution < -0.4 is 4.74 Å². The van der Waals surface area contributed by atoms with Gasteiger partial charge in [-0.15, -0.1) is 0 Å². The van der Waals surface area contributed by atoms with E-state index in [1.54, 1.807) is 15.9 Å². The lowest BCUT2D eigenvalue weighted by molar-refractivity contribution is -0.140.